The molecule has 5 rings (SSSR count). The molecule has 2 fully saturated rings. The largest absolute Gasteiger partial charge is 0.473 e. The second-order valence-corrected chi connectivity index (χ2v) is 10.1. The summed E-state index contributed by atoms with van der Waals surface area (Å²) in [5.41, 5.74) is 3.99. The number of benzene rings is 1. The molecule has 186 valence electrons. The molecule has 1 aromatic carbocycles. The first-order valence-electron chi connectivity index (χ1n) is 11.5. The standard InChI is InChI=1S/C23H28N6O5S/c1-24-35(30,31)29-10-13-33-19(15-29)16-34-23-22-21(25-6-7-26-22)14-20(27-23)17-2-4-18(5-3-17)28-8-11-32-12-9-28/h2-7,14,19,24H,8-13,15-16H2,1H3/t19-/m0/s1. The third kappa shape index (κ3) is 5.36. The van der Waals surface area contributed by atoms with E-state index >= 15 is 0 Å². The van der Waals surface area contributed by atoms with Crippen LogP contribution in [-0.2, 0) is 19.7 Å². The highest BCUT2D eigenvalue weighted by Crippen LogP contribution is 2.29. The van der Waals surface area contributed by atoms with Crippen molar-refractivity contribution in [2.45, 2.75) is 6.10 Å². The lowest BCUT2D eigenvalue weighted by Gasteiger charge is -2.31. The van der Waals surface area contributed by atoms with Crippen LogP contribution in [0, 0.1) is 0 Å². The molecule has 0 bridgehead atoms. The number of ether oxygens (including phenoxy) is 3. The van der Waals surface area contributed by atoms with Gasteiger partial charge in [0.05, 0.1) is 31.0 Å². The third-order valence-corrected chi connectivity index (χ3v) is 7.60. The van der Waals surface area contributed by atoms with Crippen LogP contribution in [0.4, 0.5) is 5.69 Å². The maximum absolute atomic E-state index is 12.2. The van der Waals surface area contributed by atoms with Crippen LogP contribution in [0.25, 0.3) is 22.3 Å². The van der Waals surface area contributed by atoms with Gasteiger partial charge >= 0.3 is 0 Å². The molecule has 0 radical (unpaired) electrons. The SMILES string of the molecule is CNS(=O)(=O)N1CCO[C@H](COc2nc(-c3ccc(N4CCOCC4)cc3)cc3nccnc23)C1. The summed E-state index contributed by atoms with van der Waals surface area (Å²) in [5.74, 6) is 0.333. The second-order valence-electron chi connectivity index (χ2n) is 8.25. The normalized spacial score (nSPS) is 19.7. The Morgan fingerprint density at radius 2 is 1.86 bits per heavy atom. The Morgan fingerprint density at radius 1 is 1.09 bits per heavy atom. The van der Waals surface area contributed by atoms with Gasteiger partial charge in [0.2, 0.25) is 5.88 Å². The summed E-state index contributed by atoms with van der Waals surface area (Å²) in [4.78, 5) is 15.9. The highest BCUT2D eigenvalue weighted by atomic mass is 32.2. The van der Waals surface area contributed by atoms with Gasteiger partial charge in [0.15, 0.2) is 5.52 Å². The summed E-state index contributed by atoms with van der Waals surface area (Å²) in [6.45, 7) is 4.12. The van der Waals surface area contributed by atoms with Crippen molar-refractivity contribution in [2.75, 3.05) is 64.6 Å². The van der Waals surface area contributed by atoms with Crippen molar-refractivity contribution in [2.24, 2.45) is 0 Å². The molecular formula is C23H28N6O5S. The predicted octanol–water partition coefficient (Wildman–Crippen LogP) is 1.07. The molecule has 2 aromatic heterocycles. The van der Waals surface area contributed by atoms with E-state index in [0.29, 0.717) is 35.8 Å². The Hall–Kier alpha value is -2.90. The average molecular weight is 501 g/mol. The van der Waals surface area contributed by atoms with Crippen LogP contribution >= 0.6 is 0 Å². The molecule has 2 saturated heterocycles. The van der Waals surface area contributed by atoms with E-state index in [1.54, 1.807) is 12.4 Å². The number of hydrogen-bond donors (Lipinski definition) is 1. The van der Waals surface area contributed by atoms with Gasteiger partial charge in [-0.25, -0.2) is 14.7 Å². The molecule has 2 aliphatic rings. The molecule has 0 unspecified atom stereocenters. The van der Waals surface area contributed by atoms with Gasteiger partial charge in [-0.3, -0.25) is 4.98 Å². The molecule has 3 aromatic rings. The first kappa shape index (κ1) is 23.8. The van der Waals surface area contributed by atoms with Crippen LogP contribution in [-0.4, -0.2) is 93.4 Å². The molecule has 12 heteroatoms. The van der Waals surface area contributed by atoms with Crippen molar-refractivity contribution in [3.63, 3.8) is 0 Å². The fourth-order valence-corrected chi connectivity index (χ4v) is 5.10. The van der Waals surface area contributed by atoms with E-state index < -0.39 is 16.3 Å². The molecule has 35 heavy (non-hydrogen) atoms. The fraction of sp³-hybridized carbons (Fsp3) is 0.435. The number of rotatable bonds is 7. The number of hydrogen-bond acceptors (Lipinski definition) is 9. The quantitative estimate of drug-likeness (QED) is 0.508. The van der Waals surface area contributed by atoms with Gasteiger partial charge in [0.25, 0.3) is 10.2 Å². The topological polar surface area (TPSA) is 119 Å². The van der Waals surface area contributed by atoms with E-state index in [2.05, 4.69) is 31.7 Å². The van der Waals surface area contributed by atoms with E-state index in [1.807, 2.05) is 18.2 Å². The summed E-state index contributed by atoms with van der Waals surface area (Å²) in [6, 6.07) is 10.1. The summed E-state index contributed by atoms with van der Waals surface area (Å²) in [7, 11) is -2.13. The Bertz CT molecular complexity index is 1270. The molecule has 0 amide bonds. The number of morpholine rings is 2. The molecule has 11 nitrogen and oxygen atoms in total. The molecule has 1 atom stereocenters. The van der Waals surface area contributed by atoms with Gasteiger partial charge < -0.3 is 19.1 Å². The first-order valence-corrected chi connectivity index (χ1v) is 13.0. The Labute approximate surface area is 204 Å². The monoisotopic (exact) mass is 500 g/mol. The van der Waals surface area contributed by atoms with E-state index in [1.165, 1.54) is 11.4 Å². The summed E-state index contributed by atoms with van der Waals surface area (Å²) in [5, 5.41) is 0. The number of nitrogens with zero attached hydrogens (tertiary/aromatic N) is 5. The van der Waals surface area contributed by atoms with Gasteiger partial charge in [0.1, 0.15) is 12.7 Å². The average Bonchev–Trinajstić information content (AvgIpc) is 2.92. The smallest absolute Gasteiger partial charge is 0.279 e. The number of anilines is 1. The lowest BCUT2D eigenvalue weighted by Crippen LogP contribution is -2.50. The Morgan fingerprint density at radius 3 is 2.63 bits per heavy atom. The minimum absolute atomic E-state index is 0.133. The summed E-state index contributed by atoms with van der Waals surface area (Å²) >= 11 is 0. The zero-order chi connectivity index (χ0) is 24.3. The predicted molar refractivity (Wildman–Crippen MR) is 131 cm³/mol. The minimum Gasteiger partial charge on any atom is -0.473 e. The van der Waals surface area contributed by atoms with Crippen LogP contribution in [0.3, 0.4) is 0 Å². The number of aromatic nitrogens is 3. The molecule has 4 heterocycles. The van der Waals surface area contributed by atoms with Crippen molar-refractivity contribution >= 4 is 26.9 Å². The van der Waals surface area contributed by atoms with E-state index in [0.717, 1.165) is 37.6 Å². The molecule has 2 aliphatic heterocycles. The van der Waals surface area contributed by atoms with Gasteiger partial charge in [-0.2, -0.15) is 12.7 Å². The molecule has 0 spiro atoms. The molecular weight excluding hydrogens is 472 g/mol. The van der Waals surface area contributed by atoms with Crippen molar-refractivity contribution in [3.05, 3.63) is 42.7 Å². The van der Waals surface area contributed by atoms with Gasteiger partial charge in [-0.1, -0.05) is 12.1 Å². The Kier molecular flexibility index (Phi) is 7.07. The van der Waals surface area contributed by atoms with Crippen LogP contribution < -0.4 is 14.4 Å². The highest BCUT2D eigenvalue weighted by molar-refractivity contribution is 7.87. The zero-order valence-corrected chi connectivity index (χ0v) is 20.3. The van der Waals surface area contributed by atoms with E-state index in [4.69, 9.17) is 19.2 Å². The van der Waals surface area contributed by atoms with Gasteiger partial charge in [-0.05, 0) is 18.2 Å². The maximum Gasteiger partial charge on any atom is 0.279 e. The van der Waals surface area contributed by atoms with E-state index in [-0.39, 0.29) is 13.2 Å². The highest BCUT2D eigenvalue weighted by Gasteiger charge is 2.29. The molecule has 0 saturated carbocycles. The van der Waals surface area contributed by atoms with Crippen LogP contribution in [0.5, 0.6) is 5.88 Å². The maximum atomic E-state index is 12.2. The fourth-order valence-electron chi connectivity index (χ4n) is 4.17. The lowest BCUT2D eigenvalue weighted by molar-refractivity contribution is -0.0256. The van der Waals surface area contributed by atoms with Crippen LogP contribution in [0.2, 0.25) is 0 Å². The number of nitrogens with one attached hydrogen (secondary N) is 1. The van der Waals surface area contributed by atoms with Crippen LogP contribution in [0.15, 0.2) is 42.7 Å². The molecule has 1 N–H and O–H groups in total. The third-order valence-electron chi connectivity index (χ3n) is 6.07. The van der Waals surface area contributed by atoms with Crippen molar-refractivity contribution < 1.29 is 22.6 Å². The lowest BCUT2D eigenvalue weighted by atomic mass is 10.1. The number of pyridine rings is 1. The summed E-state index contributed by atoms with van der Waals surface area (Å²) in [6.07, 6.45) is 2.78. The zero-order valence-electron chi connectivity index (χ0n) is 19.5. The summed E-state index contributed by atoms with van der Waals surface area (Å²) < 4.78 is 45.2. The second kappa shape index (κ2) is 10.4. The van der Waals surface area contributed by atoms with Gasteiger partial charge in [-0.15, -0.1) is 0 Å². The van der Waals surface area contributed by atoms with Crippen molar-refractivity contribution in [3.8, 4) is 17.1 Å². The van der Waals surface area contributed by atoms with Crippen molar-refractivity contribution in [1.82, 2.24) is 24.0 Å². The minimum atomic E-state index is -3.53. The van der Waals surface area contributed by atoms with Crippen LogP contribution in [0.1, 0.15) is 0 Å². The van der Waals surface area contributed by atoms with Gasteiger partial charge in [0, 0.05) is 56.9 Å². The number of fused-ring (bicyclic) bond motifs is 1. The van der Waals surface area contributed by atoms with Crippen molar-refractivity contribution in [1.29, 1.82) is 0 Å². The first-order chi connectivity index (χ1) is 17.0. The van der Waals surface area contributed by atoms with E-state index in [9.17, 15) is 8.42 Å². The molecule has 0 aliphatic carbocycles. The Balaban J connectivity index is 1.36.